The van der Waals surface area contributed by atoms with Crippen molar-refractivity contribution >= 4 is 22.3 Å². The summed E-state index contributed by atoms with van der Waals surface area (Å²) in [6, 6.07) is 7.17. The lowest BCUT2D eigenvalue weighted by atomic mass is 10.0. The molecule has 1 saturated heterocycles. The molecule has 3 rings (SSSR count). The number of hydrogen-bond acceptors (Lipinski definition) is 6. The minimum Gasteiger partial charge on any atom is -0.381 e. The third kappa shape index (κ3) is 3.07. The lowest BCUT2D eigenvalue weighted by molar-refractivity contribution is -0.385. The van der Waals surface area contributed by atoms with Crippen LogP contribution in [0.4, 0.5) is 11.4 Å². The van der Waals surface area contributed by atoms with Crippen LogP contribution in [-0.2, 0) is 4.74 Å². The highest BCUT2D eigenvalue weighted by atomic mass is 16.6. The summed E-state index contributed by atoms with van der Waals surface area (Å²) >= 11 is 0. The molecule has 0 saturated carbocycles. The molecule has 1 N–H and O–H groups in total. The molecule has 0 spiro atoms. The second-order valence-electron chi connectivity index (χ2n) is 5.66. The quantitative estimate of drug-likeness (QED) is 0.690. The summed E-state index contributed by atoms with van der Waals surface area (Å²) in [5.41, 5.74) is 1.60. The van der Waals surface area contributed by atoms with Gasteiger partial charge in [0.15, 0.2) is 0 Å². The number of nitrogens with one attached hydrogen (secondary N) is 1. The molecule has 0 unspecified atom stereocenters. The molecule has 1 aromatic heterocycles. The molecule has 7 heteroatoms. The Balaban J connectivity index is 2.06. The van der Waals surface area contributed by atoms with E-state index in [0.717, 1.165) is 12.8 Å². The minimum absolute atomic E-state index is 0.0871. The van der Waals surface area contributed by atoms with E-state index in [9.17, 15) is 15.4 Å². The van der Waals surface area contributed by atoms with Crippen molar-refractivity contribution in [3.8, 4) is 6.07 Å². The van der Waals surface area contributed by atoms with Gasteiger partial charge < -0.3 is 10.1 Å². The average molecular weight is 312 g/mol. The summed E-state index contributed by atoms with van der Waals surface area (Å²) in [7, 11) is 0. The number of rotatable bonds is 3. The standard InChI is InChI=1S/C16H16N4O3/c1-10-6-12(4-5-23-10)19-16-11(8-17)2-3-15-14(16)7-13(9-18-15)20(21)22/h2-3,7,9-10,12,19H,4-6H2,1H3/t10-,12-/m1/s1. The molecule has 118 valence electrons. The molecule has 0 amide bonds. The fraction of sp³-hybridized carbons (Fsp3) is 0.375. The number of hydrogen-bond donors (Lipinski definition) is 1. The van der Waals surface area contributed by atoms with Crippen LogP contribution in [0.25, 0.3) is 10.9 Å². The molecule has 0 aliphatic carbocycles. The van der Waals surface area contributed by atoms with E-state index in [0.29, 0.717) is 28.8 Å². The summed E-state index contributed by atoms with van der Waals surface area (Å²) in [6.07, 6.45) is 3.03. The van der Waals surface area contributed by atoms with Crippen LogP contribution in [0.3, 0.4) is 0 Å². The SMILES string of the molecule is C[C@@H]1C[C@H](Nc2c(C#N)ccc3ncc([N+](=O)[O-])cc23)CCO1. The molecule has 1 aliphatic rings. The Morgan fingerprint density at radius 3 is 3.04 bits per heavy atom. The summed E-state index contributed by atoms with van der Waals surface area (Å²) < 4.78 is 5.53. The number of nitro groups is 1. The highest BCUT2D eigenvalue weighted by molar-refractivity contribution is 5.95. The van der Waals surface area contributed by atoms with Gasteiger partial charge in [-0.2, -0.15) is 5.26 Å². The minimum atomic E-state index is -0.480. The molecular weight excluding hydrogens is 296 g/mol. The van der Waals surface area contributed by atoms with Crippen LogP contribution in [0.15, 0.2) is 24.4 Å². The monoisotopic (exact) mass is 312 g/mol. The summed E-state index contributed by atoms with van der Waals surface area (Å²) in [5, 5.41) is 24.3. The highest BCUT2D eigenvalue weighted by Gasteiger charge is 2.22. The van der Waals surface area contributed by atoms with Crippen molar-refractivity contribution in [2.45, 2.75) is 31.9 Å². The van der Waals surface area contributed by atoms with E-state index in [1.54, 1.807) is 12.1 Å². The molecule has 1 aromatic carbocycles. The van der Waals surface area contributed by atoms with Gasteiger partial charge in [0.05, 0.1) is 27.8 Å². The van der Waals surface area contributed by atoms with Crippen LogP contribution in [0, 0.1) is 21.4 Å². The van der Waals surface area contributed by atoms with Gasteiger partial charge in [-0.05, 0) is 31.9 Å². The average Bonchev–Trinajstić information content (AvgIpc) is 2.54. The Labute approximate surface area is 133 Å². The Hall–Kier alpha value is -2.72. The first-order chi connectivity index (χ1) is 11.1. The van der Waals surface area contributed by atoms with E-state index in [1.807, 2.05) is 6.92 Å². The molecule has 1 fully saturated rings. The number of ether oxygens (including phenoxy) is 1. The fourth-order valence-corrected chi connectivity index (χ4v) is 2.87. The Bertz CT molecular complexity index is 800. The molecule has 7 nitrogen and oxygen atoms in total. The van der Waals surface area contributed by atoms with Gasteiger partial charge in [-0.3, -0.25) is 10.1 Å². The van der Waals surface area contributed by atoms with Gasteiger partial charge in [-0.15, -0.1) is 0 Å². The van der Waals surface area contributed by atoms with E-state index in [1.165, 1.54) is 12.3 Å². The van der Waals surface area contributed by atoms with Crippen molar-refractivity contribution in [3.05, 3.63) is 40.1 Å². The lowest BCUT2D eigenvalue weighted by Gasteiger charge is -2.29. The molecule has 1 aliphatic heterocycles. The smallest absolute Gasteiger partial charge is 0.288 e. The third-order valence-electron chi connectivity index (χ3n) is 4.02. The second-order valence-corrected chi connectivity index (χ2v) is 5.66. The maximum Gasteiger partial charge on any atom is 0.288 e. The maximum atomic E-state index is 11.0. The fourth-order valence-electron chi connectivity index (χ4n) is 2.87. The Kier molecular flexibility index (Phi) is 4.08. The number of fused-ring (bicyclic) bond motifs is 1. The van der Waals surface area contributed by atoms with Crippen LogP contribution in [0.5, 0.6) is 0 Å². The van der Waals surface area contributed by atoms with E-state index in [2.05, 4.69) is 16.4 Å². The van der Waals surface area contributed by atoms with Crippen molar-refractivity contribution in [2.75, 3.05) is 11.9 Å². The van der Waals surface area contributed by atoms with Crippen molar-refractivity contribution in [1.29, 1.82) is 5.26 Å². The van der Waals surface area contributed by atoms with Gasteiger partial charge in [0.25, 0.3) is 5.69 Å². The molecule has 2 atom stereocenters. The van der Waals surface area contributed by atoms with E-state index in [-0.39, 0.29) is 17.8 Å². The summed E-state index contributed by atoms with van der Waals surface area (Å²) in [5.74, 6) is 0. The van der Waals surface area contributed by atoms with Gasteiger partial charge in [-0.25, -0.2) is 4.98 Å². The number of nitrogens with zero attached hydrogens (tertiary/aromatic N) is 3. The summed E-state index contributed by atoms with van der Waals surface area (Å²) in [6.45, 7) is 2.67. The third-order valence-corrected chi connectivity index (χ3v) is 4.02. The van der Waals surface area contributed by atoms with Gasteiger partial charge in [0.1, 0.15) is 12.3 Å². The van der Waals surface area contributed by atoms with E-state index < -0.39 is 4.92 Å². The topological polar surface area (TPSA) is 101 Å². The predicted octanol–water partition coefficient (Wildman–Crippen LogP) is 2.99. The number of benzene rings is 1. The summed E-state index contributed by atoms with van der Waals surface area (Å²) in [4.78, 5) is 14.7. The number of nitriles is 1. The first-order valence-corrected chi connectivity index (χ1v) is 7.44. The first kappa shape index (κ1) is 15.2. The molecule has 2 heterocycles. The van der Waals surface area contributed by atoms with Gasteiger partial charge in [-0.1, -0.05) is 0 Å². The van der Waals surface area contributed by atoms with Crippen molar-refractivity contribution in [2.24, 2.45) is 0 Å². The Morgan fingerprint density at radius 1 is 1.52 bits per heavy atom. The Morgan fingerprint density at radius 2 is 2.35 bits per heavy atom. The molecule has 23 heavy (non-hydrogen) atoms. The first-order valence-electron chi connectivity index (χ1n) is 7.44. The molecule has 0 radical (unpaired) electrons. The van der Waals surface area contributed by atoms with Gasteiger partial charge >= 0.3 is 0 Å². The van der Waals surface area contributed by atoms with Crippen LogP contribution in [0.2, 0.25) is 0 Å². The molecule has 0 bridgehead atoms. The highest BCUT2D eigenvalue weighted by Crippen LogP contribution is 2.31. The van der Waals surface area contributed by atoms with Crippen molar-refractivity contribution in [1.82, 2.24) is 4.98 Å². The zero-order valence-corrected chi connectivity index (χ0v) is 12.7. The van der Waals surface area contributed by atoms with E-state index >= 15 is 0 Å². The van der Waals surface area contributed by atoms with Crippen LogP contribution < -0.4 is 5.32 Å². The van der Waals surface area contributed by atoms with Crippen LogP contribution >= 0.6 is 0 Å². The predicted molar refractivity (Wildman–Crippen MR) is 85.2 cm³/mol. The zero-order chi connectivity index (χ0) is 16.4. The second kappa shape index (κ2) is 6.18. The normalized spacial score (nSPS) is 20.9. The van der Waals surface area contributed by atoms with Crippen molar-refractivity contribution in [3.63, 3.8) is 0 Å². The van der Waals surface area contributed by atoms with Crippen molar-refractivity contribution < 1.29 is 9.66 Å². The molecular formula is C16H16N4O3. The lowest BCUT2D eigenvalue weighted by Crippen LogP contribution is -2.32. The largest absolute Gasteiger partial charge is 0.381 e. The van der Waals surface area contributed by atoms with Gasteiger partial charge in [0, 0.05) is 24.1 Å². The van der Waals surface area contributed by atoms with Crippen LogP contribution in [0.1, 0.15) is 25.3 Å². The molecule has 2 aromatic rings. The maximum absolute atomic E-state index is 11.0. The van der Waals surface area contributed by atoms with Crippen LogP contribution in [-0.4, -0.2) is 28.7 Å². The number of anilines is 1. The van der Waals surface area contributed by atoms with Gasteiger partial charge in [0.2, 0.25) is 0 Å². The van der Waals surface area contributed by atoms with E-state index in [4.69, 9.17) is 4.74 Å². The number of pyridine rings is 1. The zero-order valence-electron chi connectivity index (χ0n) is 12.7. The number of aromatic nitrogens is 1.